The van der Waals surface area contributed by atoms with Crippen molar-refractivity contribution in [1.29, 1.82) is 0 Å². The lowest BCUT2D eigenvalue weighted by Crippen LogP contribution is -2.51. The normalized spacial score (nSPS) is 32.5. The molecule has 2 aromatic heterocycles. The maximum atomic E-state index is 13.0. The Labute approximate surface area is 222 Å². The second-order valence-electron chi connectivity index (χ2n) is 13.0. The number of nitrogens with zero attached hydrogens (tertiary/aromatic N) is 5. The summed E-state index contributed by atoms with van der Waals surface area (Å²) in [5, 5.41) is 13.1. The number of H-pyrrole nitrogens is 1. The number of carbonyl (C=O) groups excluding carboxylic acids is 2. The molecule has 0 amide bonds. The van der Waals surface area contributed by atoms with Crippen LogP contribution in [0.25, 0.3) is 15.5 Å². The molecule has 0 fully saturated rings. The number of carbonyl (C=O) groups is 2. The van der Waals surface area contributed by atoms with E-state index in [1.165, 1.54) is 0 Å². The summed E-state index contributed by atoms with van der Waals surface area (Å²) in [4.78, 5) is 33.2. The number of allylic oxidation sites excluding steroid dienone is 4. The molecule has 8 nitrogen and oxygen atoms in total. The fourth-order valence-corrected chi connectivity index (χ4v) is 8.31. The maximum Gasteiger partial charge on any atom is 0.226 e. The number of nitrogens with one attached hydrogen (secondary N) is 1. The Balaban J connectivity index is 1.48. The molecule has 4 aliphatic rings. The quantitative estimate of drug-likeness (QED) is 0.546. The van der Waals surface area contributed by atoms with Gasteiger partial charge in [0.25, 0.3) is 0 Å². The summed E-state index contributed by atoms with van der Waals surface area (Å²) in [6.45, 7) is 27.3. The third kappa shape index (κ3) is 2.84. The van der Waals surface area contributed by atoms with Gasteiger partial charge in [-0.15, -0.1) is 0 Å². The van der Waals surface area contributed by atoms with Gasteiger partial charge in [0.1, 0.15) is 0 Å². The van der Waals surface area contributed by atoms with E-state index in [1.54, 1.807) is 0 Å². The first-order chi connectivity index (χ1) is 17.8. The lowest BCUT2D eigenvalue weighted by Gasteiger charge is -2.50. The van der Waals surface area contributed by atoms with E-state index in [4.69, 9.17) is 23.3 Å². The van der Waals surface area contributed by atoms with Crippen molar-refractivity contribution in [2.75, 3.05) is 0 Å². The summed E-state index contributed by atoms with van der Waals surface area (Å²) in [5.41, 5.74) is 2.11. The number of rotatable bonds is 1. The number of aromatic nitrogens is 4. The zero-order chi connectivity index (χ0) is 27.4. The summed E-state index contributed by atoms with van der Waals surface area (Å²) in [5.74, 6) is 0.681. The van der Waals surface area contributed by atoms with Gasteiger partial charge in [-0.2, -0.15) is 10.2 Å². The largest absolute Gasteiger partial charge is 0.307 e. The lowest BCUT2D eigenvalue weighted by molar-refractivity contribution is -0.129. The Morgan fingerprint density at radius 1 is 0.895 bits per heavy atom. The highest BCUT2D eigenvalue weighted by Crippen LogP contribution is 2.56. The van der Waals surface area contributed by atoms with Crippen LogP contribution in [0, 0.1) is 35.8 Å². The first-order valence-electron chi connectivity index (χ1n) is 13.3. The molecule has 0 unspecified atom stereocenters. The van der Waals surface area contributed by atoms with Crippen LogP contribution in [-0.4, -0.2) is 31.5 Å². The zero-order valence-corrected chi connectivity index (χ0v) is 22.8. The van der Waals surface area contributed by atoms with Gasteiger partial charge in [0.15, 0.2) is 17.4 Å². The first-order valence-corrected chi connectivity index (χ1v) is 13.3. The Hall–Kier alpha value is -3.78. The molecule has 0 aliphatic heterocycles. The van der Waals surface area contributed by atoms with Crippen molar-refractivity contribution in [1.82, 2.24) is 20.0 Å². The van der Waals surface area contributed by atoms with Crippen LogP contribution in [0.1, 0.15) is 76.9 Å². The van der Waals surface area contributed by atoms with E-state index < -0.39 is 21.7 Å². The van der Waals surface area contributed by atoms with E-state index in [0.29, 0.717) is 0 Å². The number of hydrogen-bond donors (Lipinski definition) is 1. The number of fused-ring (bicyclic) bond motifs is 6. The molecule has 8 heteroatoms. The number of hydrogen-bond acceptors (Lipinski definition) is 4. The molecule has 2 aromatic rings. The number of Topliss-reactive ketones (excluding diaryl/α,β-unsaturated/α-hetero) is 2. The van der Waals surface area contributed by atoms with Gasteiger partial charge in [0, 0.05) is 39.1 Å². The fraction of sp³-hybridized carbons (Fsp3) is 0.533. The van der Waals surface area contributed by atoms with Crippen LogP contribution in [0.2, 0.25) is 0 Å². The van der Waals surface area contributed by atoms with Gasteiger partial charge >= 0.3 is 0 Å². The van der Waals surface area contributed by atoms with Crippen LogP contribution in [-0.2, 0) is 33.3 Å². The maximum absolute atomic E-state index is 13.0. The van der Waals surface area contributed by atoms with Crippen molar-refractivity contribution >= 4 is 11.6 Å². The van der Waals surface area contributed by atoms with E-state index in [2.05, 4.69) is 28.6 Å². The minimum atomic E-state index is -0.641. The van der Waals surface area contributed by atoms with E-state index in [9.17, 15) is 9.59 Å². The molecule has 0 saturated heterocycles. The first kappa shape index (κ1) is 24.6. The number of aryl methyl sites for hydroxylation is 1. The average molecular weight is 509 g/mol. The Morgan fingerprint density at radius 3 is 2.05 bits per heavy atom. The molecule has 0 radical (unpaired) electrons. The lowest BCUT2D eigenvalue weighted by atomic mass is 9.53. The van der Waals surface area contributed by atoms with Gasteiger partial charge in [-0.3, -0.25) is 5.10 Å². The van der Waals surface area contributed by atoms with E-state index in [-0.39, 0.29) is 34.8 Å². The third-order valence-electron chi connectivity index (χ3n) is 10.2. The van der Waals surface area contributed by atoms with Crippen LogP contribution in [0.15, 0.2) is 29.7 Å². The topological polar surface area (TPSA) is 89.4 Å². The molecule has 0 saturated carbocycles. The van der Waals surface area contributed by atoms with Crippen molar-refractivity contribution < 1.29 is 9.59 Å². The van der Waals surface area contributed by atoms with Crippen molar-refractivity contribution in [3.8, 4) is 5.82 Å². The average Bonchev–Trinajstić information content (AvgIpc) is 3.49. The molecule has 2 heterocycles. The van der Waals surface area contributed by atoms with E-state index >= 15 is 0 Å². The van der Waals surface area contributed by atoms with Crippen molar-refractivity contribution in [2.24, 2.45) is 22.7 Å². The van der Waals surface area contributed by atoms with Crippen molar-refractivity contribution in [3.63, 3.8) is 0 Å². The molecule has 1 N–H and O–H groups in total. The predicted molar refractivity (Wildman–Crippen MR) is 141 cm³/mol. The van der Waals surface area contributed by atoms with Gasteiger partial charge in [0.2, 0.25) is 11.4 Å². The Bertz CT molecular complexity index is 1580. The summed E-state index contributed by atoms with van der Waals surface area (Å²) in [7, 11) is 0. The van der Waals surface area contributed by atoms with E-state index in [0.717, 1.165) is 54.0 Å². The standard InChI is InChI=1S/C30H32N6O2/c1-27(2)20-11-9-16-15-36(35-22(16)29(20,5)13-18(31-7)24(27)37)26-17-10-12-21-28(3,4)25(38)19(32-8)14-30(21,6)23(17)33-34-26/h13-15,20-21H,9-12H2,1-6H3,(H,33,34)/t20-,21+,29+,30+/m1/s1. The highest BCUT2D eigenvalue weighted by atomic mass is 16.1. The van der Waals surface area contributed by atoms with Gasteiger partial charge < -0.3 is 9.59 Å². The SMILES string of the molecule is [C-]#[N+]C1=C[C@]2(C)c3nn(-c4n[nH]c5c4CC[C@H]4C(C)(C)C(=O)C([N+]#[C-])=C[C@]54C)cc3CC[C@@H]2C(C)(C)C1=O. The fourth-order valence-electron chi connectivity index (χ4n) is 8.31. The molecule has 4 atom stereocenters. The molecular weight excluding hydrogens is 476 g/mol. The Morgan fingerprint density at radius 2 is 1.45 bits per heavy atom. The van der Waals surface area contributed by atoms with Crippen LogP contribution < -0.4 is 0 Å². The van der Waals surface area contributed by atoms with Crippen molar-refractivity contribution in [2.45, 2.75) is 78.1 Å². The van der Waals surface area contributed by atoms with Gasteiger partial charge in [0.05, 0.1) is 18.8 Å². The molecule has 0 bridgehead atoms. The molecule has 6 rings (SSSR count). The molecule has 0 spiro atoms. The van der Waals surface area contributed by atoms with Crippen LogP contribution in [0.4, 0.5) is 0 Å². The molecular formula is C30H32N6O2. The predicted octanol–water partition coefficient (Wildman–Crippen LogP) is 5.06. The molecule has 4 aliphatic carbocycles. The van der Waals surface area contributed by atoms with Crippen LogP contribution in [0.3, 0.4) is 0 Å². The number of aromatic amines is 1. The van der Waals surface area contributed by atoms with Crippen LogP contribution >= 0.6 is 0 Å². The molecule has 0 aromatic carbocycles. The minimum absolute atomic E-state index is 0.0517. The smallest absolute Gasteiger partial charge is 0.226 e. The van der Waals surface area contributed by atoms with Crippen molar-refractivity contribution in [3.05, 3.63) is 75.1 Å². The minimum Gasteiger partial charge on any atom is -0.307 e. The summed E-state index contributed by atoms with van der Waals surface area (Å²) >= 11 is 0. The summed E-state index contributed by atoms with van der Waals surface area (Å²) in [6, 6.07) is 0. The highest BCUT2D eigenvalue weighted by Gasteiger charge is 2.56. The second kappa shape index (κ2) is 7.41. The van der Waals surface area contributed by atoms with Gasteiger partial charge in [-0.1, -0.05) is 53.7 Å². The van der Waals surface area contributed by atoms with E-state index in [1.807, 2.05) is 50.7 Å². The number of ketones is 2. The zero-order valence-electron chi connectivity index (χ0n) is 22.8. The van der Waals surface area contributed by atoms with Gasteiger partial charge in [-0.25, -0.2) is 14.4 Å². The monoisotopic (exact) mass is 508 g/mol. The highest BCUT2D eigenvalue weighted by molar-refractivity contribution is 6.03. The third-order valence-corrected chi connectivity index (χ3v) is 10.2. The van der Waals surface area contributed by atoms with Gasteiger partial charge in [-0.05, 0) is 43.1 Å². The Kier molecular flexibility index (Phi) is 4.79. The molecule has 194 valence electrons. The van der Waals surface area contributed by atoms with Crippen LogP contribution in [0.5, 0.6) is 0 Å². The molecule has 38 heavy (non-hydrogen) atoms. The second-order valence-corrected chi connectivity index (χ2v) is 13.0. The summed E-state index contributed by atoms with van der Waals surface area (Å²) in [6.07, 6.45) is 8.96. The summed E-state index contributed by atoms with van der Waals surface area (Å²) < 4.78 is 1.85.